The average Bonchev–Trinajstić information content (AvgIpc) is 2.68. The summed E-state index contributed by atoms with van der Waals surface area (Å²) in [5.41, 5.74) is -1.48. The van der Waals surface area contributed by atoms with Gasteiger partial charge in [0.15, 0.2) is 0 Å². The molecular formula is C11H18N4O4. The van der Waals surface area contributed by atoms with Crippen LogP contribution in [0.4, 0.5) is 4.79 Å². The van der Waals surface area contributed by atoms with Crippen LogP contribution in [0.15, 0.2) is 12.4 Å². The normalized spacial score (nSPS) is 13.6. The number of nitrogens with one attached hydrogen (secondary N) is 2. The second kappa shape index (κ2) is 6.19. The van der Waals surface area contributed by atoms with Gasteiger partial charge in [-0.25, -0.2) is 9.78 Å². The Labute approximate surface area is 110 Å². The molecule has 2 amide bonds. The largest absolute Gasteiger partial charge is 0.481 e. The fraction of sp³-hybridized carbons (Fsp3) is 0.545. The predicted octanol–water partition coefficient (Wildman–Crippen LogP) is -0.555. The van der Waals surface area contributed by atoms with Gasteiger partial charge in [0.05, 0.1) is 18.6 Å². The highest BCUT2D eigenvalue weighted by molar-refractivity contribution is 5.74. The van der Waals surface area contributed by atoms with E-state index in [-0.39, 0.29) is 13.1 Å². The van der Waals surface area contributed by atoms with Gasteiger partial charge in [-0.05, 0) is 6.92 Å². The Morgan fingerprint density at radius 3 is 2.68 bits per heavy atom. The molecule has 0 radical (unpaired) electrons. The van der Waals surface area contributed by atoms with Crippen molar-refractivity contribution in [1.29, 1.82) is 0 Å². The zero-order chi connectivity index (χ0) is 14.5. The first-order valence-electron chi connectivity index (χ1n) is 5.72. The van der Waals surface area contributed by atoms with Crippen molar-refractivity contribution in [3.05, 3.63) is 18.2 Å². The minimum Gasteiger partial charge on any atom is -0.481 e. The molecule has 1 aromatic rings. The fourth-order valence-electron chi connectivity index (χ4n) is 1.45. The minimum atomic E-state index is -1.48. The van der Waals surface area contributed by atoms with Crippen LogP contribution in [0, 0.1) is 0 Å². The van der Waals surface area contributed by atoms with Crippen molar-refractivity contribution in [2.24, 2.45) is 7.05 Å². The molecule has 0 aliphatic carbocycles. The van der Waals surface area contributed by atoms with Crippen LogP contribution in [0.3, 0.4) is 0 Å². The quantitative estimate of drug-likeness (QED) is 0.553. The lowest BCUT2D eigenvalue weighted by atomic mass is 10.0. The Bertz CT molecular complexity index is 455. The number of hydrogen-bond acceptors (Lipinski definition) is 4. The summed E-state index contributed by atoms with van der Waals surface area (Å²) in [7, 11) is 1.81. The van der Waals surface area contributed by atoms with E-state index in [9.17, 15) is 14.7 Å². The standard InChI is InChI=1S/C11H18N4O4/c1-11(19,5-9(16)17)7-14-10(18)13-6-8-12-3-4-15(8)2/h3-4,19H,5-7H2,1-2H3,(H,16,17)(H2,13,14,18). The van der Waals surface area contributed by atoms with E-state index in [1.165, 1.54) is 6.92 Å². The number of carboxylic acids is 1. The van der Waals surface area contributed by atoms with Crippen molar-refractivity contribution in [1.82, 2.24) is 20.2 Å². The highest BCUT2D eigenvalue weighted by Gasteiger charge is 2.24. The zero-order valence-electron chi connectivity index (χ0n) is 10.9. The van der Waals surface area contributed by atoms with E-state index in [0.29, 0.717) is 5.82 Å². The van der Waals surface area contributed by atoms with Crippen LogP contribution < -0.4 is 10.6 Å². The molecule has 19 heavy (non-hydrogen) atoms. The molecule has 0 fully saturated rings. The summed E-state index contributed by atoms with van der Waals surface area (Å²) in [5.74, 6) is -0.437. The number of aliphatic carboxylic acids is 1. The van der Waals surface area contributed by atoms with Gasteiger partial charge in [-0.15, -0.1) is 0 Å². The third-order valence-electron chi connectivity index (χ3n) is 2.49. The van der Waals surface area contributed by atoms with Crippen molar-refractivity contribution >= 4 is 12.0 Å². The summed E-state index contributed by atoms with van der Waals surface area (Å²) in [6.45, 7) is 1.45. The first kappa shape index (κ1) is 15.0. The number of carboxylic acid groups (broad SMARTS) is 1. The Kier molecular flexibility index (Phi) is 4.87. The summed E-state index contributed by atoms with van der Waals surface area (Å²) in [5, 5.41) is 23.2. The number of rotatable bonds is 6. The van der Waals surface area contributed by atoms with Crippen LogP contribution in [-0.2, 0) is 18.4 Å². The van der Waals surface area contributed by atoms with Crippen LogP contribution in [0.25, 0.3) is 0 Å². The maximum Gasteiger partial charge on any atom is 0.315 e. The number of aromatic nitrogens is 2. The maximum absolute atomic E-state index is 11.5. The topological polar surface area (TPSA) is 116 Å². The molecule has 1 unspecified atom stereocenters. The molecule has 0 aliphatic heterocycles. The molecule has 0 spiro atoms. The number of nitrogens with zero attached hydrogens (tertiary/aromatic N) is 2. The van der Waals surface area contributed by atoms with Crippen molar-refractivity contribution in [2.45, 2.75) is 25.5 Å². The van der Waals surface area contributed by atoms with E-state index < -0.39 is 24.0 Å². The third kappa shape index (κ3) is 5.38. The van der Waals surface area contributed by atoms with Gasteiger partial charge < -0.3 is 25.4 Å². The Hall–Kier alpha value is -2.09. The molecule has 0 saturated heterocycles. The summed E-state index contributed by atoms with van der Waals surface area (Å²) in [4.78, 5) is 26.0. The maximum atomic E-state index is 11.5. The van der Waals surface area contributed by atoms with E-state index in [1.54, 1.807) is 24.0 Å². The van der Waals surface area contributed by atoms with Crippen LogP contribution in [-0.4, -0.2) is 43.9 Å². The lowest BCUT2D eigenvalue weighted by molar-refractivity contribution is -0.141. The van der Waals surface area contributed by atoms with Crippen molar-refractivity contribution in [3.8, 4) is 0 Å². The van der Waals surface area contributed by atoms with Gasteiger partial charge in [0.25, 0.3) is 0 Å². The highest BCUT2D eigenvalue weighted by atomic mass is 16.4. The Morgan fingerprint density at radius 2 is 2.16 bits per heavy atom. The van der Waals surface area contributed by atoms with E-state index in [2.05, 4.69) is 15.6 Å². The van der Waals surface area contributed by atoms with Crippen LogP contribution in [0.2, 0.25) is 0 Å². The number of urea groups is 1. The molecule has 1 atom stereocenters. The van der Waals surface area contributed by atoms with Crippen LogP contribution in [0.5, 0.6) is 0 Å². The van der Waals surface area contributed by atoms with Crippen molar-refractivity contribution in [2.75, 3.05) is 6.54 Å². The smallest absolute Gasteiger partial charge is 0.315 e. The van der Waals surface area contributed by atoms with Gasteiger partial charge in [0.2, 0.25) is 0 Å². The molecule has 8 heteroatoms. The number of aryl methyl sites for hydroxylation is 1. The van der Waals surface area contributed by atoms with Crippen molar-refractivity contribution in [3.63, 3.8) is 0 Å². The lowest BCUT2D eigenvalue weighted by Crippen LogP contribution is -2.45. The molecule has 4 N–H and O–H groups in total. The van der Waals surface area contributed by atoms with E-state index in [4.69, 9.17) is 5.11 Å². The molecule has 106 valence electrons. The van der Waals surface area contributed by atoms with E-state index >= 15 is 0 Å². The third-order valence-corrected chi connectivity index (χ3v) is 2.49. The molecule has 1 aromatic heterocycles. The molecule has 8 nitrogen and oxygen atoms in total. The molecule has 1 heterocycles. The molecule has 0 bridgehead atoms. The summed E-state index contributed by atoms with van der Waals surface area (Å²) < 4.78 is 1.76. The molecule has 0 aliphatic rings. The molecular weight excluding hydrogens is 252 g/mol. The number of imidazole rings is 1. The SMILES string of the molecule is Cn1ccnc1CNC(=O)NCC(C)(O)CC(=O)O. The van der Waals surface area contributed by atoms with Gasteiger partial charge in [-0.3, -0.25) is 4.79 Å². The number of amides is 2. The number of hydrogen-bond donors (Lipinski definition) is 4. The first-order chi connectivity index (χ1) is 8.80. The van der Waals surface area contributed by atoms with Crippen LogP contribution in [0.1, 0.15) is 19.2 Å². The lowest BCUT2D eigenvalue weighted by Gasteiger charge is -2.21. The summed E-state index contributed by atoms with van der Waals surface area (Å²) in [6.07, 6.45) is 2.94. The second-order valence-corrected chi connectivity index (χ2v) is 4.56. The number of carbonyl (C=O) groups excluding carboxylic acids is 1. The molecule has 0 aromatic carbocycles. The molecule has 0 saturated carbocycles. The summed E-state index contributed by atoms with van der Waals surface area (Å²) in [6, 6.07) is -0.492. The zero-order valence-corrected chi connectivity index (χ0v) is 10.9. The van der Waals surface area contributed by atoms with E-state index in [1.807, 2.05) is 0 Å². The second-order valence-electron chi connectivity index (χ2n) is 4.56. The van der Waals surface area contributed by atoms with Gasteiger partial charge >= 0.3 is 12.0 Å². The van der Waals surface area contributed by atoms with Gasteiger partial charge in [-0.2, -0.15) is 0 Å². The average molecular weight is 270 g/mol. The van der Waals surface area contributed by atoms with Gasteiger partial charge in [0, 0.05) is 26.0 Å². The van der Waals surface area contributed by atoms with E-state index in [0.717, 1.165) is 0 Å². The van der Waals surface area contributed by atoms with Crippen LogP contribution >= 0.6 is 0 Å². The fourth-order valence-corrected chi connectivity index (χ4v) is 1.45. The summed E-state index contributed by atoms with van der Waals surface area (Å²) >= 11 is 0. The monoisotopic (exact) mass is 270 g/mol. The minimum absolute atomic E-state index is 0.147. The first-order valence-corrected chi connectivity index (χ1v) is 5.72. The molecule has 1 rings (SSSR count). The highest BCUT2D eigenvalue weighted by Crippen LogP contribution is 2.07. The Morgan fingerprint density at radius 1 is 1.47 bits per heavy atom. The Balaban J connectivity index is 2.32. The predicted molar refractivity (Wildman–Crippen MR) is 66.3 cm³/mol. The van der Waals surface area contributed by atoms with Gasteiger partial charge in [-0.1, -0.05) is 0 Å². The van der Waals surface area contributed by atoms with Crippen molar-refractivity contribution < 1.29 is 19.8 Å². The van der Waals surface area contributed by atoms with Gasteiger partial charge in [0.1, 0.15) is 5.82 Å². The number of aliphatic hydroxyl groups is 1. The number of carbonyl (C=O) groups is 2.